The van der Waals surface area contributed by atoms with E-state index in [0.717, 1.165) is 12.0 Å². The molecule has 0 aliphatic carbocycles. The Balaban J connectivity index is 1.81. The zero-order chi connectivity index (χ0) is 18.0. The summed E-state index contributed by atoms with van der Waals surface area (Å²) in [6.07, 6.45) is 24.6. The molecule has 142 valence electrons. The molecule has 0 aromatic heterocycles. The third-order valence-corrected chi connectivity index (χ3v) is 4.95. The second-order valence-corrected chi connectivity index (χ2v) is 7.32. The maximum atomic E-state index is 9.73. The van der Waals surface area contributed by atoms with Crippen LogP contribution >= 0.6 is 0 Å². The quantitative estimate of drug-likeness (QED) is 0.238. The number of benzene rings is 1. The second-order valence-electron chi connectivity index (χ2n) is 7.32. The van der Waals surface area contributed by atoms with Gasteiger partial charge >= 0.3 is 0 Å². The zero-order valence-corrected chi connectivity index (χ0v) is 16.5. The minimum Gasteiger partial charge on any atom is -0.508 e. The Labute approximate surface area is 156 Å². The van der Waals surface area contributed by atoms with Crippen LogP contribution in [0.3, 0.4) is 0 Å². The number of aryl methyl sites for hydroxylation is 1. The molecule has 0 unspecified atom stereocenters. The van der Waals surface area contributed by atoms with Gasteiger partial charge < -0.3 is 5.11 Å². The van der Waals surface area contributed by atoms with Crippen molar-refractivity contribution in [1.82, 2.24) is 0 Å². The first-order valence-electron chi connectivity index (χ1n) is 10.8. The number of hydrogen-bond donors (Lipinski definition) is 1. The van der Waals surface area contributed by atoms with E-state index in [4.69, 9.17) is 0 Å². The second kappa shape index (κ2) is 16.2. The maximum absolute atomic E-state index is 9.73. The molecule has 0 spiro atoms. The smallest absolute Gasteiger partial charge is 0.118 e. The number of unbranched alkanes of at least 4 members (excludes halogenated alkanes) is 12. The van der Waals surface area contributed by atoms with E-state index in [1.807, 2.05) is 18.2 Å². The summed E-state index contributed by atoms with van der Waals surface area (Å²) >= 11 is 0. The standard InChI is InChI=1S/C24H40O/c1-2-3-4-5-6-7-8-9-10-11-12-13-14-15-16-17-20-23-21-18-19-22-24(23)25/h8-9,18-19,21-22,25H,2-7,10-17,20H2,1H3. The SMILES string of the molecule is CCCCCCCC=CCCCCCCCCCc1ccccc1O. The summed E-state index contributed by atoms with van der Waals surface area (Å²) in [7, 11) is 0. The maximum Gasteiger partial charge on any atom is 0.118 e. The molecule has 1 aromatic carbocycles. The lowest BCUT2D eigenvalue weighted by molar-refractivity contribution is 0.466. The van der Waals surface area contributed by atoms with E-state index >= 15 is 0 Å². The van der Waals surface area contributed by atoms with Crippen LogP contribution in [-0.4, -0.2) is 5.11 Å². The predicted octanol–water partition coefficient (Wildman–Crippen LogP) is 7.97. The van der Waals surface area contributed by atoms with E-state index in [0.29, 0.717) is 5.75 Å². The van der Waals surface area contributed by atoms with E-state index in [9.17, 15) is 5.11 Å². The number of phenolic OH excluding ortho intramolecular Hbond substituents is 1. The molecule has 1 rings (SSSR count). The molecule has 1 nitrogen and oxygen atoms in total. The fourth-order valence-corrected chi connectivity index (χ4v) is 3.29. The number of hydrogen-bond acceptors (Lipinski definition) is 1. The van der Waals surface area contributed by atoms with Gasteiger partial charge in [0.1, 0.15) is 5.75 Å². The monoisotopic (exact) mass is 344 g/mol. The molecular formula is C24H40O. The number of allylic oxidation sites excluding steroid dienone is 2. The molecule has 0 amide bonds. The summed E-state index contributed by atoms with van der Waals surface area (Å²) in [6.45, 7) is 2.27. The molecule has 0 bridgehead atoms. The highest BCUT2D eigenvalue weighted by atomic mass is 16.3. The molecule has 0 saturated carbocycles. The first kappa shape index (κ1) is 21.8. The molecule has 0 saturated heterocycles. The topological polar surface area (TPSA) is 20.2 Å². The van der Waals surface area contributed by atoms with Crippen LogP contribution in [0.1, 0.15) is 102 Å². The van der Waals surface area contributed by atoms with Crippen molar-refractivity contribution >= 4 is 0 Å². The van der Waals surface area contributed by atoms with E-state index in [1.54, 1.807) is 6.07 Å². The highest BCUT2D eigenvalue weighted by molar-refractivity contribution is 5.31. The van der Waals surface area contributed by atoms with Crippen LogP contribution in [0.5, 0.6) is 5.75 Å². The van der Waals surface area contributed by atoms with Gasteiger partial charge in [0.05, 0.1) is 0 Å². The molecule has 0 fully saturated rings. The Morgan fingerprint density at radius 3 is 1.80 bits per heavy atom. The third-order valence-electron chi connectivity index (χ3n) is 4.95. The molecule has 1 heteroatoms. The van der Waals surface area contributed by atoms with Gasteiger partial charge in [-0.15, -0.1) is 0 Å². The summed E-state index contributed by atoms with van der Waals surface area (Å²) in [6, 6.07) is 7.72. The highest BCUT2D eigenvalue weighted by Gasteiger charge is 1.99. The summed E-state index contributed by atoms with van der Waals surface area (Å²) in [4.78, 5) is 0. The molecule has 25 heavy (non-hydrogen) atoms. The lowest BCUT2D eigenvalue weighted by atomic mass is 10.0. The van der Waals surface area contributed by atoms with Gasteiger partial charge in [-0.05, 0) is 50.2 Å². The average Bonchev–Trinajstić information content (AvgIpc) is 2.63. The summed E-state index contributed by atoms with van der Waals surface area (Å²) in [5.74, 6) is 0.455. The number of rotatable bonds is 16. The fourth-order valence-electron chi connectivity index (χ4n) is 3.29. The van der Waals surface area contributed by atoms with Crippen LogP contribution in [0.25, 0.3) is 0 Å². The first-order chi connectivity index (χ1) is 12.3. The van der Waals surface area contributed by atoms with Gasteiger partial charge in [0.15, 0.2) is 0 Å². The van der Waals surface area contributed by atoms with E-state index in [-0.39, 0.29) is 0 Å². The Bertz CT molecular complexity index is 435. The van der Waals surface area contributed by atoms with E-state index < -0.39 is 0 Å². The molecule has 0 aliphatic rings. The summed E-state index contributed by atoms with van der Waals surface area (Å²) in [5.41, 5.74) is 1.10. The van der Waals surface area contributed by atoms with Gasteiger partial charge in [0.2, 0.25) is 0 Å². The van der Waals surface area contributed by atoms with Crippen LogP contribution in [0.2, 0.25) is 0 Å². The molecular weight excluding hydrogens is 304 g/mol. The van der Waals surface area contributed by atoms with Crippen molar-refractivity contribution in [2.45, 2.75) is 103 Å². The third kappa shape index (κ3) is 12.7. The predicted molar refractivity (Wildman–Crippen MR) is 111 cm³/mol. The minimum absolute atomic E-state index is 0.455. The van der Waals surface area contributed by atoms with Crippen LogP contribution in [-0.2, 0) is 6.42 Å². The van der Waals surface area contributed by atoms with Gasteiger partial charge in [-0.1, -0.05) is 95.1 Å². The number of para-hydroxylation sites is 1. The Morgan fingerprint density at radius 2 is 1.20 bits per heavy atom. The van der Waals surface area contributed by atoms with Crippen molar-refractivity contribution < 1.29 is 5.11 Å². The van der Waals surface area contributed by atoms with Crippen LogP contribution in [0, 0.1) is 0 Å². The van der Waals surface area contributed by atoms with Crippen LogP contribution in [0.15, 0.2) is 36.4 Å². The molecule has 0 atom stereocenters. The van der Waals surface area contributed by atoms with Crippen molar-refractivity contribution in [3.63, 3.8) is 0 Å². The van der Waals surface area contributed by atoms with Gasteiger partial charge in [0, 0.05) is 0 Å². The summed E-state index contributed by atoms with van der Waals surface area (Å²) in [5, 5.41) is 9.73. The lowest BCUT2D eigenvalue weighted by Crippen LogP contribution is -1.87. The van der Waals surface area contributed by atoms with Crippen molar-refractivity contribution in [3.05, 3.63) is 42.0 Å². The van der Waals surface area contributed by atoms with Crippen molar-refractivity contribution in [3.8, 4) is 5.75 Å². The van der Waals surface area contributed by atoms with Gasteiger partial charge in [0.25, 0.3) is 0 Å². The largest absolute Gasteiger partial charge is 0.508 e. The van der Waals surface area contributed by atoms with Crippen molar-refractivity contribution in [2.75, 3.05) is 0 Å². The van der Waals surface area contributed by atoms with Crippen molar-refractivity contribution in [2.24, 2.45) is 0 Å². The Hall–Kier alpha value is -1.24. The number of phenols is 1. The normalized spacial score (nSPS) is 11.4. The highest BCUT2D eigenvalue weighted by Crippen LogP contribution is 2.19. The molecule has 1 aromatic rings. The van der Waals surface area contributed by atoms with Crippen LogP contribution < -0.4 is 0 Å². The fraction of sp³-hybridized carbons (Fsp3) is 0.667. The van der Waals surface area contributed by atoms with Gasteiger partial charge in [-0.3, -0.25) is 0 Å². The molecule has 0 aliphatic heterocycles. The average molecular weight is 345 g/mol. The van der Waals surface area contributed by atoms with Crippen molar-refractivity contribution in [1.29, 1.82) is 0 Å². The lowest BCUT2D eigenvalue weighted by Gasteiger charge is -2.04. The summed E-state index contributed by atoms with van der Waals surface area (Å²) < 4.78 is 0. The van der Waals surface area contributed by atoms with Gasteiger partial charge in [-0.2, -0.15) is 0 Å². The molecule has 1 N–H and O–H groups in total. The number of aromatic hydroxyl groups is 1. The molecule has 0 radical (unpaired) electrons. The first-order valence-corrected chi connectivity index (χ1v) is 10.8. The zero-order valence-electron chi connectivity index (χ0n) is 16.5. The minimum atomic E-state index is 0.455. The Kier molecular flexibility index (Phi) is 14.2. The van der Waals surface area contributed by atoms with E-state index in [2.05, 4.69) is 19.1 Å². The Morgan fingerprint density at radius 1 is 0.680 bits per heavy atom. The van der Waals surface area contributed by atoms with E-state index in [1.165, 1.54) is 89.9 Å². The van der Waals surface area contributed by atoms with Crippen LogP contribution in [0.4, 0.5) is 0 Å². The van der Waals surface area contributed by atoms with Gasteiger partial charge in [-0.25, -0.2) is 0 Å². The molecule has 0 heterocycles.